The molecule has 0 saturated carbocycles. The van der Waals surface area contributed by atoms with Gasteiger partial charge < -0.3 is 39.2 Å². The Labute approximate surface area is 467 Å². The van der Waals surface area contributed by atoms with Crippen LogP contribution in [0.5, 0.6) is 0 Å². The monoisotopic (exact) mass is 1070 g/mol. The van der Waals surface area contributed by atoms with Crippen molar-refractivity contribution >= 4 is 11.9 Å². The minimum absolute atomic E-state index is 0.0403. The second kappa shape index (κ2) is 43.2. The first-order valence-electron chi connectivity index (χ1n) is 31.3. The lowest BCUT2D eigenvalue weighted by Crippen LogP contribution is -2.67. The molecule has 3 aromatic carbocycles. The summed E-state index contributed by atoms with van der Waals surface area (Å²) >= 11 is 0. The van der Waals surface area contributed by atoms with Crippen LogP contribution in [0.1, 0.15) is 249 Å². The summed E-state index contributed by atoms with van der Waals surface area (Å²) in [6.07, 6.45) is 30.5. The van der Waals surface area contributed by atoms with Crippen LogP contribution in [0.3, 0.4) is 0 Å². The number of nitrogens with one attached hydrogen (secondary N) is 1. The Kier molecular flexibility index (Phi) is 37.0. The molecule has 0 unspecified atom stereocenters. The minimum Gasteiger partial charge on any atom is -0.451 e. The van der Waals surface area contributed by atoms with Crippen molar-refractivity contribution in [3.63, 3.8) is 0 Å². The highest BCUT2D eigenvalue weighted by Gasteiger charge is 2.50. The van der Waals surface area contributed by atoms with Crippen LogP contribution >= 0.6 is 0 Å². The van der Waals surface area contributed by atoms with Crippen molar-refractivity contribution in [2.45, 2.75) is 282 Å². The molecule has 0 radical (unpaired) electrons. The van der Waals surface area contributed by atoms with E-state index in [1.807, 2.05) is 91.0 Å². The molecule has 1 aliphatic heterocycles. The number of amides is 1. The fourth-order valence-corrected chi connectivity index (χ4v) is 10.8. The molecule has 1 aliphatic rings. The summed E-state index contributed by atoms with van der Waals surface area (Å²) in [6, 6.07) is 27.9. The van der Waals surface area contributed by atoms with Crippen LogP contribution in [-0.2, 0) is 39.9 Å². The quantitative estimate of drug-likeness (QED) is 0.0373. The zero-order valence-corrected chi connectivity index (χ0v) is 48.5. The number of esters is 1. The Morgan fingerprint density at radius 1 is 0.532 bits per heavy atom. The Bertz CT molecular complexity index is 1810. The maximum absolute atomic E-state index is 14.8. The topological polar surface area (TPSA) is 133 Å². The molecule has 1 heterocycles. The van der Waals surface area contributed by atoms with E-state index in [1.54, 1.807) is 0 Å². The molecule has 10 nitrogen and oxygen atoms in total. The summed E-state index contributed by atoms with van der Waals surface area (Å²) in [5.74, 6) is -1.08. The average Bonchev–Trinajstić information content (AvgIpc) is 3.45. The van der Waals surface area contributed by atoms with E-state index in [4.69, 9.17) is 23.7 Å². The van der Waals surface area contributed by atoms with E-state index in [2.05, 4.69) is 26.1 Å². The fourth-order valence-electron chi connectivity index (χ4n) is 10.8. The van der Waals surface area contributed by atoms with Crippen molar-refractivity contribution in [2.24, 2.45) is 0 Å². The van der Waals surface area contributed by atoms with E-state index in [-0.39, 0.29) is 31.1 Å². The molecule has 3 N–H and O–H groups in total. The normalized spacial score (nSPS) is 18.3. The number of ether oxygens (including phenoxy) is 5. The zero-order valence-electron chi connectivity index (χ0n) is 48.5. The molecule has 0 spiro atoms. The third-order valence-electron chi connectivity index (χ3n) is 15.5. The van der Waals surface area contributed by atoms with Gasteiger partial charge in [-0.25, -0.2) is 4.79 Å². The predicted octanol–water partition coefficient (Wildman–Crippen LogP) is 15.8. The van der Waals surface area contributed by atoms with Crippen LogP contribution in [0.4, 0.5) is 0 Å². The van der Waals surface area contributed by atoms with Gasteiger partial charge in [0.2, 0.25) is 5.91 Å². The minimum atomic E-state index is -1.41. The van der Waals surface area contributed by atoms with Crippen molar-refractivity contribution in [1.29, 1.82) is 0 Å². The first kappa shape index (κ1) is 65.9. The Balaban J connectivity index is 1.52. The summed E-state index contributed by atoms with van der Waals surface area (Å²) < 4.78 is 32.5. The second-order valence-electron chi connectivity index (χ2n) is 22.2. The number of rotatable bonds is 47. The molecule has 0 aliphatic carbocycles. The average molecular weight is 1070 g/mol. The lowest BCUT2D eigenvalue weighted by atomic mass is 9.91. The van der Waals surface area contributed by atoms with Crippen LogP contribution in [0.15, 0.2) is 91.0 Å². The van der Waals surface area contributed by atoms with Gasteiger partial charge in [-0.3, -0.25) is 4.79 Å². The summed E-state index contributed by atoms with van der Waals surface area (Å²) in [7, 11) is 0. The molecule has 1 amide bonds. The third-order valence-corrected chi connectivity index (χ3v) is 15.5. The molecule has 10 heteroatoms. The highest BCUT2D eigenvalue weighted by atomic mass is 16.6. The number of carbonyl (C=O) groups excluding carboxylic acids is 2. The lowest BCUT2D eigenvalue weighted by molar-refractivity contribution is -0.221. The van der Waals surface area contributed by atoms with Crippen molar-refractivity contribution in [1.82, 2.24) is 5.32 Å². The van der Waals surface area contributed by atoms with Crippen LogP contribution in [0, 0.1) is 0 Å². The predicted molar refractivity (Wildman–Crippen MR) is 314 cm³/mol. The molecular weight excluding hydrogens is 963 g/mol. The number of benzene rings is 3. The Hall–Kier alpha value is -3.64. The molecule has 1 fully saturated rings. The number of hydrogen-bond acceptors (Lipinski definition) is 9. The first-order chi connectivity index (χ1) is 37.9. The molecular formula is C67H107NO9. The Morgan fingerprint density at radius 3 is 1.45 bits per heavy atom. The lowest BCUT2D eigenvalue weighted by Gasteiger charge is -2.44. The molecule has 3 aromatic rings. The third kappa shape index (κ3) is 28.4. The van der Waals surface area contributed by atoms with Gasteiger partial charge in [0.25, 0.3) is 0 Å². The van der Waals surface area contributed by atoms with Gasteiger partial charge in [0, 0.05) is 13.2 Å². The smallest absolute Gasteiger partial charge is 0.338 e. The SMILES string of the molecule is CCCCCCCCCCCCO[C@H](CCCCCCCCCCC)CCO[C@H]1[C@H](O)[C@@H](CO)O[C@H](C(=O)OC(c2ccccc2)c2ccccc2)[C@@H]1NC(=O)C[C@@H](CCCCCCCCCCC)OCc1ccccc1. The van der Waals surface area contributed by atoms with Gasteiger partial charge >= 0.3 is 5.97 Å². The van der Waals surface area contributed by atoms with Crippen LogP contribution in [0.2, 0.25) is 0 Å². The summed E-state index contributed by atoms with van der Waals surface area (Å²) in [4.78, 5) is 29.4. The fraction of sp³-hybridized carbons (Fsp3) is 0.701. The number of hydrogen-bond donors (Lipinski definition) is 3. The summed E-state index contributed by atoms with van der Waals surface area (Å²) in [6.45, 7) is 7.47. The van der Waals surface area contributed by atoms with Crippen molar-refractivity contribution in [2.75, 3.05) is 19.8 Å². The molecule has 77 heavy (non-hydrogen) atoms. The van der Waals surface area contributed by atoms with Gasteiger partial charge in [-0.1, -0.05) is 285 Å². The van der Waals surface area contributed by atoms with Gasteiger partial charge in [-0.05, 0) is 42.4 Å². The maximum atomic E-state index is 14.8. The van der Waals surface area contributed by atoms with Gasteiger partial charge in [-0.15, -0.1) is 0 Å². The molecule has 434 valence electrons. The molecule has 0 bridgehead atoms. The highest BCUT2D eigenvalue weighted by Crippen LogP contribution is 2.31. The van der Waals surface area contributed by atoms with E-state index < -0.39 is 49.1 Å². The highest BCUT2D eigenvalue weighted by molar-refractivity contribution is 5.81. The van der Waals surface area contributed by atoms with Crippen molar-refractivity contribution < 1.29 is 43.5 Å². The maximum Gasteiger partial charge on any atom is 0.338 e. The van der Waals surface area contributed by atoms with Gasteiger partial charge in [-0.2, -0.15) is 0 Å². The number of unbranched alkanes of at least 4 members (excludes halogenated alkanes) is 25. The van der Waals surface area contributed by atoms with Gasteiger partial charge in [0.05, 0.1) is 37.9 Å². The van der Waals surface area contributed by atoms with E-state index >= 15 is 0 Å². The first-order valence-corrected chi connectivity index (χ1v) is 31.3. The van der Waals surface area contributed by atoms with E-state index in [0.29, 0.717) is 26.1 Å². The molecule has 7 atom stereocenters. The van der Waals surface area contributed by atoms with Crippen LogP contribution < -0.4 is 5.32 Å². The Morgan fingerprint density at radius 2 is 0.974 bits per heavy atom. The largest absolute Gasteiger partial charge is 0.451 e. The van der Waals surface area contributed by atoms with E-state index in [0.717, 1.165) is 68.1 Å². The number of aliphatic hydroxyl groups is 2. The summed E-state index contributed by atoms with van der Waals surface area (Å²) in [5.41, 5.74) is 2.55. The van der Waals surface area contributed by atoms with Crippen molar-refractivity contribution in [3.8, 4) is 0 Å². The molecule has 0 aromatic heterocycles. The number of aliphatic hydroxyl groups excluding tert-OH is 2. The van der Waals surface area contributed by atoms with Crippen LogP contribution in [0.25, 0.3) is 0 Å². The zero-order chi connectivity index (χ0) is 54.8. The van der Waals surface area contributed by atoms with E-state index in [9.17, 15) is 19.8 Å². The van der Waals surface area contributed by atoms with Gasteiger partial charge in [0.1, 0.15) is 18.3 Å². The molecule has 4 rings (SSSR count). The molecule has 1 saturated heterocycles. The summed E-state index contributed by atoms with van der Waals surface area (Å²) in [5, 5.41) is 25.8. The van der Waals surface area contributed by atoms with Crippen molar-refractivity contribution in [3.05, 3.63) is 108 Å². The number of carbonyl (C=O) groups is 2. The van der Waals surface area contributed by atoms with Crippen LogP contribution in [-0.4, -0.2) is 84.6 Å². The standard InChI is InChI=1S/C67H107NO9/c1-4-7-10-13-16-19-22-25-28-40-50-73-58(47-38-26-23-20-17-14-11-8-5-2)49-51-74-65-62(68-61(70)52-59(75-54-55-41-32-29-33-42-55)48-39-27-24-21-18-15-12-9-6-3)66(76-60(53-69)63(65)71)67(72)77-64(56-43-34-30-35-44-56)57-45-36-31-37-46-57/h29-37,41-46,58-60,62-66,69,71H,4-28,38-40,47-54H2,1-3H3,(H,68,70)/t58-,59-,60-,62-,63-,65-,66+/m1/s1. The van der Waals surface area contributed by atoms with E-state index in [1.165, 1.54) is 135 Å². The second-order valence-corrected chi connectivity index (χ2v) is 22.2. The van der Waals surface area contributed by atoms with Gasteiger partial charge in [0.15, 0.2) is 12.2 Å².